The molecular formula is C20H19N3O2. The van der Waals surface area contributed by atoms with Gasteiger partial charge in [-0.05, 0) is 24.6 Å². The Morgan fingerprint density at radius 3 is 2.24 bits per heavy atom. The number of aryl methyl sites for hydroxylation is 1. The van der Waals surface area contributed by atoms with Gasteiger partial charge in [0.25, 0.3) is 0 Å². The predicted octanol–water partition coefficient (Wildman–Crippen LogP) is 3.64. The number of amides is 1. The van der Waals surface area contributed by atoms with Crippen molar-refractivity contribution >= 4 is 11.6 Å². The van der Waals surface area contributed by atoms with E-state index < -0.39 is 0 Å². The number of benzene rings is 2. The Hall–Kier alpha value is -3.21. The summed E-state index contributed by atoms with van der Waals surface area (Å²) in [6.45, 7) is 2.03. The lowest BCUT2D eigenvalue weighted by Crippen LogP contribution is -2.14. The van der Waals surface area contributed by atoms with Crippen molar-refractivity contribution in [3.8, 4) is 17.1 Å². The lowest BCUT2D eigenvalue weighted by atomic mass is 10.1. The fourth-order valence-electron chi connectivity index (χ4n) is 2.38. The molecule has 0 atom stereocenters. The van der Waals surface area contributed by atoms with Gasteiger partial charge in [0.15, 0.2) is 5.82 Å². The Labute approximate surface area is 146 Å². The molecule has 0 aliphatic heterocycles. The number of hydrogen-bond donors (Lipinski definition) is 1. The number of hydrogen-bond acceptors (Lipinski definition) is 4. The molecule has 0 saturated heterocycles. The van der Waals surface area contributed by atoms with E-state index in [0.717, 1.165) is 16.9 Å². The van der Waals surface area contributed by atoms with Crippen molar-refractivity contribution in [2.45, 2.75) is 13.3 Å². The van der Waals surface area contributed by atoms with E-state index in [1.807, 2.05) is 55.5 Å². The second kappa shape index (κ2) is 7.57. The van der Waals surface area contributed by atoms with E-state index in [2.05, 4.69) is 15.3 Å². The zero-order chi connectivity index (χ0) is 17.6. The van der Waals surface area contributed by atoms with Crippen molar-refractivity contribution in [1.82, 2.24) is 9.97 Å². The molecule has 0 unspecified atom stereocenters. The van der Waals surface area contributed by atoms with Gasteiger partial charge in [0.1, 0.15) is 5.75 Å². The highest BCUT2D eigenvalue weighted by atomic mass is 16.5. The molecule has 0 aliphatic carbocycles. The molecule has 0 bridgehead atoms. The molecule has 1 aromatic heterocycles. The van der Waals surface area contributed by atoms with Gasteiger partial charge in [-0.1, -0.05) is 42.0 Å². The van der Waals surface area contributed by atoms with Crippen molar-refractivity contribution in [3.63, 3.8) is 0 Å². The van der Waals surface area contributed by atoms with Gasteiger partial charge in [-0.2, -0.15) is 0 Å². The predicted molar refractivity (Wildman–Crippen MR) is 97.5 cm³/mol. The fourth-order valence-corrected chi connectivity index (χ4v) is 2.38. The summed E-state index contributed by atoms with van der Waals surface area (Å²) < 4.78 is 5.11. The third-order valence-corrected chi connectivity index (χ3v) is 3.77. The minimum atomic E-state index is -0.114. The van der Waals surface area contributed by atoms with Crippen LogP contribution in [0.2, 0.25) is 0 Å². The summed E-state index contributed by atoms with van der Waals surface area (Å²) >= 11 is 0. The van der Waals surface area contributed by atoms with E-state index in [1.54, 1.807) is 19.5 Å². The molecule has 126 valence electrons. The number of methoxy groups -OCH3 is 1. The number of carbonyl (C=O) groups excluding carboxylic acids is 1. The molecule has 25 heavy (non-hydrogen) atoms. The molecule has 5 heteroatoms. The lowest BCUT2D eigenvalue weighted by Gasteiger charge is -2.06. The summed E-state index contributed by atoms with van der Waals surface area (Å²) in [5.41, 5.74) is 3.62. The largest absolute Gasteiger partial charge is 0.497 e. The quantitative estimate of drug-likeness (QED) is 0.774. The minimum Gasteiger partial charge on any atom is -0.497 e. The van der Waals surface area contributed by atoms with E-state index in [9.17, 15) is 4.79 Å². The van der Waals surface area contributed by atoms with Gasteiger partial charge in [0, 0.05) is 5.56 Å². The molecule has 3 rings (SSSR count). The van der Waals surface area contributed by atoms with Crippen LogP contribution in [0.1, 0.15) is 11.1 Å². The zero-order valence-corrected chi connectivity index (χ0v) is 14.2. The van der Waals surface area contributed by atoms with Gasteiger partial charge < -0.3 is 10.1 Å². The third kappa shape index (κ3) is 4.41. The molecule has 2 aromatic carbocycles. The maximum atomic E-state index is 12.1. The lowest BCUT2D eigenvalue weighted by molar-refractivity contribution is -0.115. The van der Waals surface area contributed by atoms with Gasteiger partial charge in [0.05, 0.1) is 31.6 Å². The zero-order valence-electron chi connectivity index (χ0n) is 14.2. The first-order valence-electron chi connectivity index (χ1n) is 7.96. The molecule has 1 N–H and O–H groups in total. The molecule has 0 fully saturated rings. The molecule has 3 aromatic rings. The fraction of sp³-hybridized carbons (Fsp3) is 0.150. The summed E-state index contributed by atoms with van der Waals surface area (Å²) in [6.07, 6.45) is 3.52. The van der Waals surface area contributed by atoms with Crippen molar-refractivity contribution in [3.05, 3.63) is 72.1 Å². The van der Waals surface area contributed by atoms with Gasteiger partial charge in [-0.3, -0.25) is 4.79 Å². The highest BCUT2D eigenvalue weighted by Gasteiger charge is 2.06. The van der Waals surface area contributed by atoms with Gasteiger partial charge in [-0.25, -0.2) is 9.97 Å². The van der Waals surface area contributed by atoms with Crippen LogP contribution in [-0.4, -0.2) is 23.0 Å². The van der Waals surface area contributed by atoms with E-state index in [4.69, 9.17) is 4.74 Å². The number of ether oxygens (including phenoxy) is 1. The molecule has 0 saturated carbocycles. The maximum absolute atomic E-state index is 12.1. The van der Waals surface area contributed by atoms with Crippen LogP contribution in [0.15, 0.2) is 60.9 Å². The second-order valence-corrected chi connectivity index (χ2v) is 5.73. The minimum absolute atomic E-state index is 0.114. The van der Waals surface area contributed by atoms with Crippen LogP contribution in [0, 0.1) is 6.92 Å². The Kier molecular flexibility index (Phi) is 5.04. The first-order valence-corrected chi connectivity index (χ1v) is 7.96. The average molecular weight is 333 g/mol. The summed E-state index contributed by atoms with van der Waals surface area (Å²) in [5.74, 6) is 1.29. The average Bonchev–Trinajstić information content (AvgIpc) is 2.64. The summed E-state index contributed by atoms with van der Waals surface area (Å²) in [5, 5.41) is 2.81. The molecule has 0 radical (unpaired) electrons. The number of aromatic nitrogens is 2. The van der Waals surface area contributed by atoms with Crippen LogP contribution in [0.4, 0.5) is 5.69 Å². The van der Waals surface area contributed by atoms with Gasteiger partial charge >= 0.3 is 0 Å². The van der Waals surface area contributed by atoms with Crippen LogP contribution < -0.4 is 10.1 Å². The number of rotatable bonds is 5. The van der Waals surface area contributed by atoms with E-state index in [1.165, 1.54) is 5.56 Å². The Bertz CT molecular complexity index is 842. The summed E-state index contributed by atoms with van der Waals surface area (Å²) in [4.78, 5) is 20.8. The van der Waals surface area contributed by atoms with E-state index >= 15 is 0 Å². The number of nitrogens with zero attached hydrogens (tertiary/aromatic N) is 2. The number of carbonyl (C=O) groups is 1. The van der Waals surface area contributed by atoms with Crippen LogP contribution in [-0.2, 0) is 11.2 Å². The third-order valence-electron chi connectivity index (χ3n) is 3.77. The summed E-state index contributed by atoms with van der Waals surface area (Å²) in [7, 11) is 1.61. The van der Waals surface area contributed by atoms with Crippen molar-refractivity contribution in [1.29, 1.82) is 0 Å². The molecule has 5 nitrogen and oxygen atoms in total. The topological polar surface area (TPSA) is 64.1 Å². The summed E-state index contributed by atoms with van der Waals surface area (Å²) in [6, 6.07) is 15.4. The van der Waals surface area contributed by atoms with Crippen LogP contribution in [0.3, 0.4) is 0 Å². The monoisotopic (exact) mass is 333 g/mol. The van der Waals surface area contributed by atoms with Crippen molar-refractivity contribution < 1.29 is 9.53 Å². The van der Waals surface area contributed by atoms with Crippen LogP contribution in [0.25, 0.3) is 11.4 Å². The Balaban J connectivity index is 1.62. The van der Waals surface area contributed by atoms with Crippen LogP contribution in [0.5, 0.6) is 5.75 Å². The van der Waals surface area contributed by atoms with Crippen molar-refractivity contribution in [2.75, 3.05) is 12.4 Å². The SMILES string of the molecule is COc1ccc(CC(=O)Nc2cnc(-c3ccc(C)cc3)nc2)cc1. The van der Waals surface area contributed by atoms with Crippen molar-refractivity contribution in [2.24, 2.45) is 0 Å². The molecular weight excluding hydrogens is 314 g/mol. The Morgan fingerprint density at radius 1 is 1.00 bits per heavy atom. The first-order chi connectivity index (χ1) is 12.1. The molecule has 0 spiro atoms. The van der Waals surface area contributed by atoms with E-state index in [-0.39, 0.29) is 12.3 Å². The highest BCUT2D eigenvalue weighted by Crippen LogP contribution is 2.17. The van der Waals surface area contributed by atoms with Gasteiger partial charge in [-0.15, -0.1) is 0 Å². The highest BCUT2D eigenvalue weighted by molar-refractivity contribution is 5.92. The first kappa shape index (κ1) is 16.6. The standard InChI is InChI=1S/C20H19N3O2/c1-14-3-7-16(8-4-14)20-21-12-17(13-22-20)23-19(24)11-15-5-9-18(25-2)10-6-15/h3-10,12-13H,11H2,1-2H3,(H,23,24). The molecule has 0 aliphatic rings. The number of nitrogens with one attached hydrogen (secondary N) is 1. The van der Waals surface area contributed by atoms with Gasteiger partial charge in [0.2, 0.25) is 5.91 Å². The smallest absolute Gasteiger partial charge is 0.228 e. The molecule has 1 heterocycles. The normalized spacial score (nSPS) is 10.3. The Morgan fingerprint density at radius 2 is 1.64 bits per heavy atom. The maximum Gasteiger partial charge on any atom is 0.228 e. The van der Waals surface area contributed by atoms with E-state index in [0.29, 0.717) is 11.5 Å². The van der Waals surface area contributed by atoms with Crippen LogP contribution >= 0.6 is 0 Å². The number of anilines is 1. The molecule has 1 amide bonds. The second-order valence-electron chi connectivity index (χ2n) is 5.73.